The summed E-state index contributed by atoms with van der Waals surface area (Å²) in [6.45, 7) is 0.403. The fraction of sp³-hybridized carbons (Fsp3) is 0.105. The number of carbonyl (C=O) groups is 2. The summed E-state index contributed by atoms with van der Waals surface area (Å²) >= 11 is 0. The first-order valence-corrected chi connectivity index (χ1v) is 7.84. The number of hydroxylamine groups is 1. The molecular weight excluding hydrogens is 318 g/mol. The zero-order valence-electron chi connectivity index (χ0n) is 13.4. The Labute approximate surface area is 144 Å². The second-order valence-electron chi connectivity index (χ2n) is 5.32. The van der Waals surface area contributed by atoms with E-state index in [0.717, 1.165) is 10.8 Å². The Balaban J connectivity index is 1.44. The van der Waals surface area contributed by atoms with Crippen LogP contribution in [0.2, 0.25) is 0 Å². The molecule has 126 valence electrons. The predicted molar refractivity (Wildman–Crippen MR) is 93.9 cm³/mol. The van der Waals surface area contributed by atoms with Gasteiger partial charge in [0, 0.05) is 23.7 Å². The molecule has 6 nitrogen and oxygen atoms in total. The molecule has 0 aliphatic heterocycles. The molecule has 0 saturated heterocycles. The van der Waals surface area contributed by atoms with Crippen molar-refractivity contribution in [2.75, 3.05) is 13.2 Å². The minimum atomic E-state index is -0.330. The molecule has 0 fully saturated rings. The molecule has 2 amide bonds. The van der Waals surface area contributed by atoms with Crippen molar-refractivity contribution in [3.8, 4) is 0 Å². The van der Waals surface area contributed by atoms with E-state index in [4.69, 9.17) is 4.84 Å². The Hall–Kier alpha value is -3.25. The topological polar surface area (TPSA) is 80.3 Å². The fourth-order valence-corrected chi connectivity index (χ4v) is 2.28. The smallest absolute Gasteiger partial charge is 0.274 e. The number of pyridine rings is 1. The van der Waals surface area contributed by atoms with Crippen LogP contribution in [0, 0.1) is 0 Å². The van der Waals surface area contributed by atoms with Crippen molar-refractivity contribution in [2.45, 2.75) is 0 Å². The molecule has 0 unspecified atom stereocenters. The summed E-state index contributed by atoms with van der Waals surface area (Å²) in [6.07, 6.45) is 1.67. The first kappa shape index (κ1) is 16.6. The first-order chi connectivity index (χ1) is 12.2. The standard InChI is InChI=1S/C19H17N3O3/c23-18(14-6-2-1-3-7-14)22-25-11-10-20-19(24)17-12-15-8-4-5-9-16(15)13-21-17/h1-9,12-13H,10-11H2,(H,20,24)(H,22,23). The normalized spacial score (nSPS) is 10.4. The molecule has 2 N–H and O–H groups in total. The number of nitrogens with zero attached hydrogens (tertiary/aromatic N) is 1. The fourth-order valence-electron chi connectivity index (χ4n) is 2.28. The first-order valence-electron chi connectivity index (χ1n) is 7.84. The van der Waals surface area contributed by atoms with Crippen LogP contribution in [0.1, 0.15) is 20.8 Å². The van der Waals surface area contributed by atoms with Crippen LogP contribution in [0.25, 0.3) is 10.8 Å². The van der Waals surface area contributed by atoms with E-state index in [1.807, 2.05) is 30.3 Å². The molecule has 0 atom stereocenters. The van der Waals surface area contributed by atoms with Crippen molar-refractivity contribution in [2.24, 2.45) is 0 Å². The van der Waals surface area contributed by atoms with Crippen LogP contribution < -0.4 is 10.8 Å². The number of amides is 2. The van der Waals surface area contributed by atoms with Gasteiger partial charge < -0.3 is 5.32 Å². The molecule has 1 aromatic heterocycles. The van der Waals surface area contributed by atoms with Gasteiger partial charge in [-0.1, -0.05) is 42.5 Å². The van der Waals surface area contributed by atoms with Crippen molar-refractivity contribution < 1.29 is 14.4 Å². The molecule has 0 bridgehead atoms. The summed E-state index contributed by atoms with van der Waals surface area (Å²) in [7, 11) is 0. The van der Waals surface area contributed by atoms with Crippen molar-refractivity contribution in [3.05, 3.63) is 78.1 Å². The Bertz CT molecular complexity index is 881. The largest absolute Gasteiger partial charge is 0.348 e. The highest BCUT2D eigenvalue weighted by Crippen LogP contribution is 2.13. The van der Waals surface area contributed by atoms with Crippen molar-refractivity contribution in [1.82, 2.24) is 15.8 Å². The molecular formula is C19H17N3O3. The van der Waals surface area contributed by atoms with E-state index in [-0.39, 0.29) is 25.0 Å². The second kappa shape index (κ2) is 8.03. The van der Waals surface area contributed by atoms with Gasteiger partial charge in [-0.3, -0.25) is 19.4 Å². The number of aromatic nitrogens is 1. The molecule has 0 radical (unpaired) electrons. The van der Waals surface area contributed by atoms with Crippen molar-refractivity contribution >= 4 is 22.6 Å². The number of nitrogens with one attached hydrogen (secondary N) is 2. The van der Waals surface area contributed by atoms with Gasteiger partial charge in [0.1, 0.15) is 5.69 Å². The maximum atomic E-state index is 12.1. The average molecular weight is 335 g/mol. The highest BCUT2D eigenvalue weighted by Gasteiger charge is 2.08. The van der Waals surface area contributed by atoms with Crippen LogP contribution in [-0.2, 0) is 4.84 Å². The third-order valence-corrected chi connectivity index (χ3v) is 3.55. The summed E-state index contributed by atoms with van der Waals surface area (Å²) in [6, 6.07) is 18.2. The lowest BCUT2D eigenvalue weighted by atomic mass is 10.1. The third-order valence-electron chi connectivity index (χ3n) is 3.55. The van der Waals surface area contributed by atoms with E-state index in [1.54, 1.807) is 36.5 Å². The van der Waals surface area contributed by atoms with Crippen molar-refractivity contribution in [3.63, 3.8) is 0 Å². The molecule has 3 rings (SSSR count). The lowest BCUT2D eigenvalue weighted by Crippen LogP contribution is -2.31. The van der Waals surface area contributed by atoms with E-state index >= 15 is 0 Å². The summed E-state index contributed by atoms with van der Waals surface area (Å²) in [4.78, 5) is 33.1. The highest BCUT2D eigenvalue weighted by atomic mass is 16.6. The Kier molecular flexibility index (Phi) is 5.33. The van der Waals surface area contributed by atoms with Crippen LogP contribution in [0.4, 0.5) is 0 Å². The van der Waals surface area contributed by atoms with E-state index < -0.39 is 0 Å². The summed E-state index contributed by atoms with van der Waals surface area (Å²) < 4.78 is 0. The SMILES string of the molecule is O=C(NOCCNC(=O)c1cc2ccccc2cn1)c1ccccc1. The van der Waals surface area contributed by atoms with Crippen LogP contribution in [0.15, 0.2) is 66.9 Å². The molecule has 0 saturated carbocycles. The third kappa shape index (κ3) is 4.39. The zero-order valence-corrected chi connectivity index (χ0v) is 13.4. The second-order valence-corrected chi connectivity index (χ2v) is 5.32. The van der Waals surface area contributed by atoms with E-state index in [0.29, 0.717) is 11.3 Å². The van der Waals surface area contributed by atoms with Crippen LogP contribution in [0.5, 0.6) is 0 Å². The van der Waals surface area contributed by atoms with Gasteiger partial charge in [-0.25, -0.2) is 5.48 Å². The van der Waals surface area contributed by atoms with Crippen LogP contribution >= 0.6 is 0 Å². The van der Waals surface area contributed by atoms with Gasteiger partial charge in [-0.05, 0) is 23.6 Å². The van der Waals surface area contributed by atoms with Crippen LogP contribution in [0.3, 0.4) is 0 Å². The number of benzene rings is 2. The van der Waals surface area contributed by atoms with E-state index in [1.165, 1.54) is 0 Å². The van der Waals surface area contributed by atoms with E-state index in [2.05, 4.69) is 15.8 Å². The predicted octanol–water partition coefficient (Wildman–Crippen LogP) is 2.33. The monoisotopic (exact) mass is 335 g/mol. The van der Waals surface area contributed by atoms with Gasteiger partial charge in [-0.2, -0.15) is 0 Å². The van der Waals surface area contributed by atoms with Gasteiger partial charge in [0.2, 0.25) is 0 Å². The molecule has 2 aromatic carbocycles. The molecule has 25 heavy (non-hydrogen) atoms. The van der Waals surface area contributed by atoms with Gasteiger partial charge in [0.25, 0.3) is 11.8 Å². The van der Waals surface area contributed by atoms with Crippen molar-refractivity contribution in [1.29, 1.82) is 0 Å². The molecule has 1 heterocycles. The molecule has 0 spiro atoms. The lowest BCUT2D eigenvalue weighted by molar-refractivity contribution is 0.0323. The molecule has 0 aliphatic carbocycles. The Morgan fingerprint density at radius 1 is 0.920 bits per heavy atom. The number of fused-ring (bicyclic) bond motifs is 1. The summed E-state index contributed by atoms with van der Waals surface area (Å²) in [5, 5.41) is 4.63. The number of rotatable bonds is 6. The molecule has 6 heteroatoms. The van der Waals surface area contributed by atoms with E-state index in [9.17, 15) is 9.59 Å². The minimum Gasteiger partial charge on any atom is -0.348 e. The zero-order chi connectivity index (χ0) is 17.5. The van der Waals surface area contributed by atoms with Gasteiger partial charge in [-0.15, -0.1) is 0 Å². The summed E-state index contributed by atoms with van der Waals surface area (Å²) in [5.41, 5.74) is 3.18. The maximum absolute atomic E-state index is 12.1. The van der Waals surface area contributed by atoms with Crippen LogP contribution in [-0.4, -0.2) is 29.9 Å². The lowest BCUT2D eigenvalue weighted by Gasteiger charge is -2.07. The average Bonchev–Trinajstić information content (AvgIpc) is 2.67. The number of hydrogen-bond acceptors (Lipinski definition) is 4. The van der Waals surface area contributed by atoms with Gasteiger partial charge in [0.05, 0.1) is 6.61 Å². The Morgan fingerprint density at radius 3 is 2.44 bits per heavy atom. The maximum Gasteiger partial charge on any atom is 0.274 e. The van der Waals surface area contributed by atoms with Gasteiger partial charge in [0.15, 0.2) is 0 Å². The Morgan fingerprint density at radius 2 is 1.64 bits per heavy atom. The minimum absolute atomic E-state index is 0.151. The molecule has 3 aromatic rings. The quantitative estimate of drug-likeness (QED) is 0.535. The molecule has 0 aliphatic rings. The number of carbonyl (C=O) groups excluding carboxylic acids is 2. The highest BCUT2D eigenvalue weighted by molar-refractivity contribution is 5.96. The van der Waals surface area contributed by atoms with Gasteiger partial charge >= 0.3 is 0 Å². The number of hydrogen-bond donors (Lipinski definition) is 2. The summed E-state index contributed by atoms with van der Waals surface area (Å²) in [5.74, 6) is -0.619.